The van der Waals surface area contributed by atoms with Crippen LogP contribution in [0.3, 0.4) is 0 Å². The number of nitrogens with one attached hydrogen (secondary N) is 1. The monoisotopic (exact) mass is 394 g/mol. The summed E-state index contributed by atoms with van der Waals surface area (Å²) in [6.07, 6.45) is 3.56. The third kappa shape index (κ3) is 3.59. The van der Waals surface area contributed by atoms with Crippen LogP contribution in [0.1, 0.15) is 5.56 Å². The maximum Gasteiger partial charge on any atom is 0.161 e. The summed E-state index contributed by atoms with van der Waals surface area (Å²) >= 11 is 6.23. The molecule has 2 heterocycles. The molecule has 0 saturated heterocycles. The molecule has 0 aliphatic heterocycles. The summed E-state index contributed by atoms with van der Waals surface area (Å²) in [4.78, 5) is 8.88. The number of hydrogen-bond donors (Lipinski definition) is 1. The minimum absolute atomic E-state index is 0.642. The number of fused-ring (bicyclic) bond motifs is 1. The molecule has 28 heavy (non-hydrogen) atoms. The van der Waals surface area contributed by atoms with Gasteiger partial charge in [0.15, 0.2) is 11.5 Å². The van der Waals surface area contributed by atoms with Gasteiger partial charge in [-0.25, -0.2) is 9.97 Å². The first-order valence-electron chi connectivity index (χ1n) is 8.71. The lowest BCUT2D eigenvalue weighted by Gasteiger charge is -2.11. The topological polar surface area (TPSA) is 61.2 Å². The second-order valence-electron chi connectivity index (χ2n) is 6.22. The van der Waals surface area contributed by atoms with Crippen molar-refractivity contribution in [2.45, 2.75) is 6.54 Å². The Hall–Kier alpha value is -3.25. The van der Waals surface area contributed by atoms with Gasteiger partial charge in [-0.1, -0.05) is 29.8 Å². The number of rotatable bonds is 6. The molecule has 4 aromatic rings. The van der Waals surface area contributed by atoms with Crippen molar-refractivity contribution in [3.05, 3.63) is 71.6 Å². The minimum atomic E-state index is 0.642. The van der Waals surface area contributed by atoms with Crippen molar-refractivity contribution in [3.63, 3.8) is 0 Å². The van der Waals surface area contributed by atoms with Gasteiger partial charge in [0.2, 0.25) is 0 Å². The highest BCUT2D eigenvalue weighted by Crippen LogP contribution is 2.29. The van der Waals surface area contributed by atoms with E-state index in [0.717, 1.165) is 22.3 Å². The van der Waals surface area contributed by atoms with E-state index in [-0.39, 0.29) is 0 Å². The number of hydrogen-bond acceptors (Lipinski definition) is 5. The highest BCUT2D eigenvalue weighted by atomic mass is 35.5. The zero-order valence-corrected chi connectivity index (χ0v) is 16.3. The second-order valence-corrected chi connectivity index (χ2v) is 6.63. The van der Waals surface area contributed by atoms with Gasteiger partial charge in [-0.3, -0.25) is 0 Å². The quantitative estimate of drug-likeness (QED) is 0.504. The van der Waals surface area contributed by atoms with Crippen molar-refractivity contribution >= 4 is 34.1 Å². The predicted octanol–water partition coefficient (Wildman–Crippen LogP) is 4.89. The summed E-state index contributed by atoms with van der Waals surface area (Å²) in [6.45, 7) is 0.645. The van der Waals surface area contributed by atoms with Crippen molar-refractivity contribution in [2.24, 2.45) is 0 Å². The second kappa shape index (κ2) is 7.78. The zero-order chi connectivity index (χ0) is 19.5. The van der Waals surface area contributed by atoms with Gasteiger partial charge in [0.25, 0.3) is 0 Å². The number of benzene rings is 2. The molecule has 6 nitrogen and oxygen atoms in total. The average Bonchev–Trinajstić information content (AvgIpc) is 3.11. The van der Waals surface area contributed by atoms with E-state index in [4.69, 9.17) is 21.1 Å². The largest absolute Gasteiger partial charge is 0.493 e. The Balaban J connectivity index is 1.64. The maximum absolute atomic E-state index is 6.23. The molecule has 0 spiro atoms. The Bertz CT molecular complexity index is 1130. The molecule has 0 aliphatic carbocycles. The van der Waals surface area contributed by atoms with Gasteiger partial charge in [-0.2, -0.15) is 0 Å². The number of imidazole rings is 1. The minimum Gasteiger partial charge on any atom is -0.493 e. The summed E-state index contributed by atoms with van der Waals surface area (Å²) in [5.41, 5.74) is 3.68. The van der Waals surface area contributed by atoms with Crippen molar-refractivity contribution < 1.29 is 9.47 Å². The van der Waals surface area contributed by atoms with Crippen molar-refractivity contribution in [3.8, 4) is 11.5 Å². The highest BCUT2D eigenvalue weighted by Gasteiger charge is 2.09. The smallest absolute Gasteiger partial charge is 0.161 e. The van der Waals surface area contributed by atoms with Crippen LogP contribution < -0.4 is 14.8 Å². The fourth-order valence-corrected chi connectivity index (χ4v) is 3.21. The predicted molar refractivity (Wildman–Crippen MR) is 111 cm³/mol. The van der Waals surface area contributed by atoms with Gasteiger partial charge in [0, 0.05) is 12.6 Å². The first kappa shape index (κ1) is 18.1. The number of pyridine rings is 1. The fraction of sp³-hybridized carbons (Fsp3) is 0.143. The number of aromatic nitrogens is 3. The molecule has 142 valence electrons. The molecule has 4 rings (SSSR count). The van der Waals surface area contributed by atoms with Crippen LogP contribution in [0.5, 0.6) is 11.5 Å². The third-order valence-corrected chi connectivity index (χ3v) is 4.77. The lowest BCUT2D eigenvalue weighted by molar-refractivity contribution is 0.354. The summed E-state index contributed by atoms with van der Waals surface area (Å²) in [7, 11) is 3.26. The van der Waals surface area contributed by atoms with Crippen LogP contribution in [0, 0.1) is 0 Å². The van der Waals surface area contributed by atoms with Crippen molar-refractivity contribution in [1.29, 1.82) is 0 Å². The average molecular weight is 395 g/mol. The van der Waals surface area contributed by atoms with Crippen molar-refractivity contribution in [1.82, 2.24) is 14.5 Å². The van der Waals surface area contributed by atoms with Crippen LogP contribution in [-0.4, -0.2) is 28.8 Å². The van der Waals surface area contributed by atoms with E-state index in [0.29, 0.717) is 28.9 Å². The SMILES string of the molecule is COc1ccc(Cn2cnc3cnc(Nc4ccccc4Cl)cc32)cc1OC. The van der Waals surface area contributed by atoms with Crippen LogP contribution in [0.4, 0.5) is 11.5 Å². The van der Waals surface area contributed by atoms with Crippen LogP contribution >= 0.6 is 11.6 Å². The number of anilines is 2. The van der Waals surface area contributed by atoms with E-state index in [1.54, 1.807) is 20.4 Å². The molecule has 0 radical (unpaired) electrons. The number of nitrogens with zero attached hydrogens (tertiary/aromatic N) is 3. The molecular formula is C21H19ClN4O2. The first-order chi connectivity index (χ1) is 13.7. The van der Waals surface area contributed by atoms with E-state index in [1.807, 2.05) is 54.9 Å². The van der Waals surface area contributed by atoms with Crippen LogP contribution in [0.2, 0.25) is 5.02 Å². The molecule has 0 fully saturated rings. The standard InChI is InChI=1S/C21H19ClN4O2/c1-27-19-8-7-14(9-20(19)28-2)12-26-13-24-17-11-23-21(10-18(17)26)25-16-6-4-3-5-15(16)22/h3-11,13H,12H2,1-2H3,(H,23,25). The molecular weight excluding hydrogens is 376 g/mol. The van der Waals surface area contributed by atoms with E-state index in [2.05, 4.69) is 19.9 Å². The Morgan fingerprint density at radius 1 is 1.00 bits per heavy atom. The normalized spacial score (nSPS) is 10.8. The molecule has 0 atom stereocenters. The lowest BCUT2D eigenvalue weighted by atomic mass is 10.2. The number of ether oxygens (including phenoxy) is 2. The number of methoxy groups -OCH3 is 2. The molecule has 0 unspecified atom stereocenters. The Morgan fingerprint density at radius 3 is 2.61 bits per heavy atom. The van der Waals surface area contributed by atoms with Gasteiger partial charge in [0.05, 0.1) is 43.0 Å². The summed E-state index contributed by atoms with van der Waals surface area (Å²) in [6, 6.07) is 15.4. The highest BCUT2D eigenvalue weighted by molar-refractivity contribution is 6.33. The Kier molecular flexibility index (Phi) is 5.04. The number of para-hydroxylation sites is 1. The lowest BCUT2D eigenvalue weighted by Crippen LogP contribution is -2.00. The Morgan fingerprint density at radius 2 is 1.82 bits per heavy atom. The van der Waals surface area contributed by atoms with Crippen molar-refractivity contribution in [2.75, 3.05) is 19.5 Å². The van der Waals surface area contributed by atoms with E-state index >= 15 is 0 Å². The molecule has 0 amide bonds. The van der Waals surface area contributed by atoms with Crippen LogP contribution in [0.25, 0.3) is 11.0 Å². The van der Waals surface area contributed by atoms with Crippen LogP contribution in [-0.2, 0) is 6.54 Å². The zero-order valence-electron chi connectivity index (χ0n) is 15.5. The summed E-state index contributed by atoms with van der Waals surface area (Å²) in [5, 5.41) is 3.90. The van der Waals surface area contributed by atoms with Gasteiger partial charge in [0.1, 0.15) is 11.3 Å². The van der Waals surface area contributed by atoms with E-state index in [9.17, 15) is 0 Å². The first-order valence-corrected chi connectivity index (χ1v) is 9.09. The molecule has 2 aromatic carbocycles. The fourth-order valence-electron chi connectivity index (χ4n) is 3.03. The molecule has 2 aromatic heterocycles. The summed E-state index contributed by atoms with van der Waals surface area (Å²) in [5.74, 6) is 2.11. The Labute approximate surface area is 167 Å². The van der Waals surface area contributed by atoms with Gasteiger partial charge in [-0.15, -0.1) is 0 Å². The molecule has 1 N–H and O–H groups in total. The van der Waals surface area contributed by atoms with E-state index in [1.165, 1.54) is 0 Å². The van der Waals surface area contributed by atoms with Crippen LogP contribution in [0.15, 0.2) is 61.1 Å². The van der Waals surface area contributed by atoms with E-state index < -0.39 is 0 Å². The van der Waals surface area contributed by atoms with Gasteiger partial charge < -0.3 is 19.4 Å². The summed E-state index contributed by atoms with van der Waals surface area (Å²) < 4.78 is 12.8. The van der Waals surface area contributed by atoms with Gasteiger partial charge in [-0.05, 0) is 29.8 Å². The van der Waals surface area contributed by atoms with Gasteiger partial charge >= 0.3 is 0 Å². The molecule has 0 bridgehead atoms. The molecule has 7 heteroatoms. The molecule has 0 aliphatic rings. The molecule has 0 saturated carbocycles. The number of halogens is 1. The maximum atomic E-state index is 6.23. The third-order valence-electron chi connectivity index (χ3n) is 4.44.